The van der Waals surface area contributed by atoms with Crippen LogP contribution in [0.15, 0.2) is 176 Å². The van der Waals surface area contributed by atoms with Crippen LogP contribution in [-0.2, 0) is 5.41 Å². The van der Waals surface area contributed by atoms with Gasteiger partial charge in [0.1, 0.15) is 0 Å². The van der Waals surface area contributed by atoms with Gasteiger partial charge in [-0.25, -0.2) is 15.0 Å². The highest BCUT2D eigenvalue weighted by Gasteiger charge is 2.51. The molecule has 0 unspecified atom stereocenters. The first-order valence-electron chi connectivity index (χ1n) is 17.4. The molecule has 2 aliphatic carbocycles. The van der Waals surface area contributed by atoms with Crippen LogP contribution in [0.25, 0.3) is 78.0 Å². The number of rotatable bonds is 3. The largest absolute Gasteiger partial charge is 0.208 e. The number of fused-ring (bicyclic) bond motifs is 12. The smallest absolute Gasteiger partial charge is 0.164 e. The summed E-state index contributed by atoms with van der Waals surface area (Å²) >= 11 is 0. The Hall–Kier alpha value is -6.71. The highest BCUT2D eigenvalue weighted by Crippen LogP contribution is 2.63. The molecule has 8 aromatic carbocycles. The van der Waals surface area contributed by atoms with Gasteiger partial charge in [0.05, 0.1) is 5.41 Å². The highest BCUT2D eigenvalue weighted by atomic mass is 15.0. The van der Waals surface area contributed by atoms with Gasteiger partial charge in [-0.2, -0.15) is 0 Å². The van der Waals surface area contributed by atoms with Gasteiger partial charge in [-0.1, -0.05) is 146 Å². The molecule has 0 N–H and O–H groups in total. The van der Waals surface area contributed by atoms with Crippen molar-refractivity contribution >= 4 is 21.5 Å². The number of benzene rings is 8. The first-order valence-corrected chi connectivity index (χ1v) is 17.4. The normalized spacial score (nSPS) is 13.3. The van der Waals surface area contributed by atoms with E-state index in [0.717, 1.165) is 22.1 Å². The molecule has 51 heavy (non-hydrogen) atoms. The summed E-state index contributed by atoms with van der Waals surface area (Å²) in [6, 6.07) is 63.4. The molecule has 1 heterocycles. The molecular formula is C48H29N3. The van der Waals surface area contributed by atoms with E-state index in [4.69, 9.17) is 15.0 Å². The van der Waals surface area contributed by atoms with Crippen LogP contribution < -0.4 is 0 Å². The lowest BCUT2D eigenvalue weighted by molar-refractivity contribution is 0.796. The maximum Gasteiger partial charge on any atom is 0.164 e. The van der Waals surface area contributed by atoms with E-state index in [1.54, 1.807) is 0 Å². The summed E-state index contributed by atoms with van der Waals surface area (Å²) in [6.45, 7) is 0. The van der Waals surface area contributed by atoms with E-state index in [9.17, 15) is 0 Å². The Balaban J connectivity index is 1.18. The van der Waals surface area contributed by atoms with Gasteiger partial charge >= 0.3 is 0 Å². The van der Waals surface area contributed by atoms with Crippen molar-refractivity contribution < 1.29 is 0 Å². The van der Waals surface area contributed by atoms with Gasteiger partial charge in [-0.05, 0) is 96.4 Å². The zero-order valence-electron chi connectivity index (χ0n) is 27.6. The van der Waals surface area contributed by atoms with E-state index < -0.39 is 5.41 Å². The second kappa shape index (κ2) is 10.6. The zero-order chi connectivity index (χ0) is 33.5. The monoisotopic (exact) mass is 647 g/mol. The van der Waals surface area contributed by atoms with Gasteiger partial charge in [0.15, 0.2) is 17.5 Å². The lowest BCUT2D eigenvalue weighted by atomic mass is 9.70. The van der Waals surface area contributed by atoms with Crippen molar-refractivity contribution in [2.75, 3.05) is 0 Å². The Bertz CT molecular complexity index is 2750. The summed E-state index contributed by atoms with van der Waals surface area (Å²) < 4.78 is 0. The molecule has 2 aliphatic rings. The Morgan fingerprint density at radius 2 is 0.706 bits per heavy atom. The maximum atomic E-state index is 5.05. The number of hydrogen-bond acceptors (Lipinski definition) is 3. The quantitative estimate of drug-likeness (QED) is 0.192. The van der Waals surface area contributed by atoms with E-state index in [1.165, 1.54) is 60.7 Å². The fraction of sp³-hybridized carbons (Fsp3) is 0.0208. The first kappa shape index (κ1) is 28.2. The lowest BCUT2D eigenvalue weighted by Crippen LogP contribution is -2.25. The van der Waals surface area contributed by atoms with Crippen LogP contribution in [0.5, 0.6) is 0 Å². The molecule has 0 saturated heterocycles. The standard InChI is InChI=1S/C48H29N3/c1-3-13-30(14-4-1)45-49-46(31-15-5-2-6-16-31)51-47(50-45)35-24-23-34-27-40-39-26-32-17-7-8-18-33(32)28-43(39)48(44(40)29-36(34)25-35)41-21-11-9-19-37(41)38-20-10-12-22-42(38)48/h1-29H. The van der Waals surface area contributed by atoms with Crippen LogP contribution in [0.1, 0.15) is 22.3 Å². The van der Waals surface area contributed by atoms with Crippen molar-refractivity contribution in [3.63, 3.8) is 0 Å². The number of aromatic nitrogens is 3. The van der Waals surface area contributed by atoms with E-state index in [2.05, 4.69) is 140 Å². The summed E-state index contributed by atoms with van der Waals surface area (Å²) in [5.74, 6) is 1.98. The molecule has 0 atom stereocenters. The highest BCUT2D eigenvalue weighted by molar-refractivity contribution is 6.03. The molecule has 0 saturated carbocycles. The van der Waals surface area contributed by atoms with Crippen molar-refractivity contribution in [3.05, 3.63) is 198 Å². The topological polar surface area (TPSA) is 38.7 Å². The molecule has 1 spiro atoms. The Morgan fingerprint density at radius 1 is 0.275 bits per heavy atom. The maximum absolute atomic E-state index is 5.05. The molecule has 3 nitrogen and oxygen atoms in total. The fourth-order valence-electron chi connectivity index (χ4n) is 8.64. The predicted molar refractivity (Wildman–Crippen MR) is 207 cm³/mol. The van der Waals surface area contributed by atoms with Crippen molar-refractivity contribution in [2.24, 2.45) is 0 Å². The average molecular weight is 648 g/mol. The van der Waals surface area contributed by atoms with Crippen molar-refractivity contribution in [1.29, 1.82) is 0 Å². The summed E-state index contributed by atoms with van der Waals surface area (Å²) in [5, 5.41) is 4.87. The lowest BCUT2D eigenvalue weighted by Gasteiger charge is -2.30. The minimum Gasteiger partial charge on any atom is -0.208 e. The molecule has 3 heteroatoms. The van der Waals surface area contributed by atoms with Crippen LogP contribution in [-0.4, -0.2) is 15.0 Å². The van der Waals surface area contributed by atoms with Crippen LogP contribution in [0.3, 0.4) is 0 Å². The summed E-state index contributed by atoms with van der Waals surface area (Å²) in [7, 11) is 0. The van der Waals surface area contributed by atoms with Crippen molar-refractivity contribution in [2.45, 2.75) is 5.41 Å². The summed E-state index contributed by atoms with van der Waals surface area (Å²) in [5.41, 5.74) is 13.0. The number of hydrogen-bond donors (Lipinski definition) is 0. The Kier molecular flexibility index (Phi) is 5.88. The molecule has 0 bridgehead atoms. The third-order valence-corrected chi connectivity index (χ3v) is 10.9. The SMILES string of the molecule is c1ccc(-c2nc(-c3ccccc3)nc(-c3ccc4cc5c(cc4c3)C3(c4ccccc4-c4ccccc43)c3cc4ccccc4cc3-5)n2)cc1. The molecule has 236 valence electrons. The first-order chi connectivity index (χ1) is 25.3. The predicted octanol–water partition coefficient (Wildman–Crippen LogP) is 11.5. The summed E-state index contributed by atoms with van der Waals surface area (Å²) in [6.07, 6.45) is 0. The summed E-state index contributed by atoms with van der Waals surface area (Å²) in [4.78, 5) is 15.0. The van der Waals surface area contributed by atoms with Gasteiger partial charge < -0.3 is 0 Å². The molecule has 0 fully saturated rings. The second-order valence-corrected chi connectivity index (χ2v) is 13.6. The van der Waals surface area contributed by atoms with Gasteiger partial charge in [-0.15, -0.1) is 0 Å². The molecule has 11 rings (SSSR count). The zero-order valence-corrected chi connectivity index (χ0v) is 27.6. The molecule has 0 amide bonds. The molecule has 1 aromatic heterocycles. The average Bonchev–Trinajstić information content (AvgIpc) is 3.65. The molecule has 9 aromatic rings. The minimum atomic E-state index is -0.430. The van der Waals surface area contributed by atoms with Crippen molar-refractivity contribution in [1.82, 2.24) is 15.0 Å². The van der Waals surface area contributed by atoms with E-state index >= 15 is 0 Å². The van der Waals surface area contributed by atoms with E-state index in [-0.39, 0.29) is 0 Å². The van der Waals surface area contributed by atoms with Gasteiger partial charge in [-0.3, -0.25) is 0 Å². The molecule has 0 radical (unpaired) electrons. The third kappa shape index (κ3) is 4.03. The third-order valence-electron chi connectivity index (χ3n) is 10.9. The van der Waals surface area contributed by atoms with Gasteiger partial charge in [0.25, 0.3) is 0 Å². The van der Waals surface area contributed by atoms with Gasteiger partial charge in [0, 0.05) is 16.7 Å². The van der Waals surface area contributed by atoms with Crippen LogP contribution in [0.2, 0.25) is 0 Å². The van der Waals surface area contributed by atoms with Crippen LogP contribution >= 0.6 is 0 Å². The van der Waals surface area contributed by atoms with Crippen LogP contribution in [0, 0.1) is 0 Å². The number of nitrogens with zero attached hydrogens (tertiary/aromatic N) is 3. The van der Waals surface area contributed by atoms with Crippen LogP contribution in [0.4, 0.5) is 0 Å². The van der Waals surface area contributed by atoms with Crippen molar-refractivity contribution in [3.8, 4) is 56.4 Å². The Labute approximate surface area is 295 Å². The second-order valence-electron chi connectivity index (χ2n) is 13.6. The Morgan fingerprint density at radius 3 is 1.27 bits per heavy atom. The molecular weight excluding hydrogens is 619 g/mol. The van der Waals surface area contributed by atoms with E-state index in [0.29, 0.717) is 17.5 Å². The fourth-order valence-corrected chi connectivity index (χ4v) is 8.64. The minimum absolute atomic E-state index is 0.430. The van der Waals surface area contributed by atoms with E-state index in [1.807, 2.05) is 36.4 Å². The molecule has 0 aliphatic heterocycles. The van der Waals surface area contributed by atoms with Gasteiger partial charge in [0.2, 0.25) is 0 Å².